The molecule has 0 saturated carbocycles. The Morgan fingerprint density at radius 3 is 2.45 bits per heavy atom. The van der Waals surface area contributed by atoms with Gasteiger partial charge >= 0.3 is 5.97 Å². The number of aryl methyl sites for hydroxylation is 1. The molecule has 7 nitrogen and oxygen atoms in total. The summed E-state index contributed by atoms with van der Waals surface area (Å²) in [4.78, 5) is 15.2. The van der Waals surface area contributed by atoms with Gasteiger partial charge in [-0.15, -0.1) is 0 Å². The van der Waals surface area contributed by atoms with Gasteiger partial charge < -0.3 is 9.67 Å². The third kappa shape index (κ3) is 2.43. The molecule has 1 aromatic carbocycles. The van der Waals surface area contributed by atoms with Crippen LogP contribution in [0.15, 0.2) is 29.4 Å². The molecule has 20 heavy (non-hydrogen) atoms. The molecule has 2 rings (SSSR count). The zero-order valence-electron chi connectivity index (χ0n) is 10.9. The quantitative estimate of drug-likeness (QED) is 0.870. The normalized spacial score (nSPS) is 11.6. The lowest BCUT2D eigenvalue weighted by Gasteiger charge is -2.10. The minimum absolute atomic E-state index is 0.156. The molecule has 106 valence electrons. The van der Waals surface area contributed by atoms with Gasteiger partial charge in [-0.3, -0.25) is 0 Å². The fourth-order valence-corrected chi connectivity index (χ4v) is 2.35. The Balaban J connectivity index is 2.72. The van der Waals surface area contributed by atoms with E-state index in [1.807, 2.05) is 0 Å². The molecule has 0 amide bonds. The Hall–Kier alpha value is -2.19. The first-order chi connectivity index (χ1) is 9.21. The molecule has 0 unspecified atom stereocenters. The number of carboxylic acids is 1. The third-order valence-electron chi connectivity index (χ3n) is 3.04. The van der Waals surface area contributed by atoms with Gasteiger partial charge in [-0.1, -0.05) is 0 Å². The second-order valence-corrected chi connectivity index (χ2v) is 5.88. The number of carbonyl (C=O) groups is 1. The van der Waals surface area contributed by atoms with Crippen molar-refractivity contribution in [2.45, 2.75) is 18.7 Å². The van der Waals surface area contributed by atoms with Crippen LogP contribution < -0.4 is 5.14 Å². The molecule has 0 saturated heterocycles. The summed E-state index contributed by atoms with van der Waals surface area (Å²) in [5.41, 5.74) is 1.72. The smallest absolute Gasteiger partial charge is 0.337 e. The van der Waals surface area contributed by atoms with E-state index in [4.69, 9.17) is 5.14 Å². The third-order valence-corrected chi connectivity index (χ3v) is 3.95. The molecular weight excluding hydrogens is 282 g/mol. The number of hydrogen-bond acceptors (Lipinski definition) is 4. The van der Waals surface area contributed by atoms with Crippen LogP contribution in [-0.4, -0.2) is 29.0 Å². The van der Waals surface area contributed by atoms with Crippen molar-refractivity contribution >= 4 is 16.0 Å². The fourth-order valence-electron chi connectivity index (χ4n) is 1.82. The molecule has 1 aromatic heterocycles. The number of imidazole rings is 1. The summed E-state index contributed by atoms with van der Waals surface area (Å²) in [6.45, 7) is 3.59. The summed E-state index contributed by atoms with van der Waals surface area (Å²) < 4.78 is 24.2. The first-order valence-electron chi connectivity index (χ1n) is 5.63. The monoisotopic (exact) mass is 295 g/mol. The van der Waals surface area contributed by atoms with Crippen molar-refractivity contribution in [3.8, 4) is 5.69 Å². The van der Waals surface area contributed by atoms with Crippen molar-refractivity contribution < 1.29 is 18.3 Å². The highest BCUT2D eigenvalue weighted by atomic mass is 32.2. The number of rotatable bonds is 3. The molecule has 0 bridgehead atoms. The van der Waals surface area contributed by atoms with Gasteiger partial charge in [0.05, 0.1) is 28.2 Å². The molecule has 2 aromatic rings. The summed E-state index contributed by atoms with van der Waals surface area (Å²) in [5, 5.41) is 14.3. The molecule has 8 heteroatoms. The van der Waals surface area contributed by atoms with Crippen LogP contribution in [0.25, 0.3) is 5.69 Å². The van der Waals surface area contributed by atoms with Gasteiger partial charge in [-0.25, -0.2) is 23.3 Å². The number of nitrogens with zero attached hydrogens (tertiary/aromatic N) is 2. The van der Waals surface area contributed by atoms with Crippen LogP contribution in [0.3, 0.4) is 0 Å². The first kappa shape index (κ1) is 14.2. The van der Waals surface area contributed by atoms with Crippen molar-refractivity contribution in [2.75, 3.05) is 0 Å². The number of primary sulfonamides is 1. The highest BCUT2D eigenvalue weighted by Gasteiger charge is 2.18. The van der Waals surface area contributed by atoms with E-state index < -0.39 is 16.0 Å². The highest BCUT2D eigenvalue weighted by molar-refractivity contribution is 7.89. The molecule has 0 aliphatic heterocycles. The van der Waals surface area contributed by atoms with Crippen LogP contribution in [0.5, 0.6) is 0 Å². The van der Waals surface area contributed by atoms with E-state index in [0.29, 0.717) is 5.69 Å². The Morgan fingerprint density at radius 2 is 2.00 bits per heavy atom. The fraction of sp³-hybridized carbons (Fsp3) is 0.167. The number of carboxylic acid groups (broad SMARTS) is 1. The van der Waals surface area contributed by atoms with Crippen LogP contribution >= 0.6 is 0 Å². The van der Waals surface area contributed by atoms with Gasteiger partial charge in [0.2, 0.25) is 10.0 Å². The Morgan fingerprint density at radius 1 is 1.35 bits per heavy atom. The Labute approximate surface area is 115 Å². The molecule has 0 fully saturated rings. The van der Waals surface area contributed by atoms with E-state index in [-0.39, 0.29) is 10.5 Å². The second kappa shape index (κ2) is 4.73. The predicted molar refractivity (Wildman–Crippen MR) is 71.4 cm³/mol. The average molecular weight is 295 g/mol. The lowest BCUT2D eigenvalue weighted by molar-refractivity contribution is 0.0696. The lowest BCUT2D eigenvalue weighted by atomic mass is 10.1. The SMILES string of the molecule is Cc1ncn(-c2ccc(S(N)(=O)=O)cc2C(=O)O)c1C. The molecule has 0 radical (unpaired) electrons. The van der Waals surface area contributed by atoms with E-state index >= 15 is 0 Å². The minimum Gasteiger partial charge on any atom is -0.478 e. The van der Waals surface area contributed by atoms with Gasteiger partial charge in [0.1, 0.15) is 0 Å². The van der Waals surface area contributed by atoms with E-state index in [0.717, 1.165) is 17.5 Å². The maximum absolute atomic E-state index is 11.3. The van der Waals surface area contributed by atoms with Gasteiger partial charge in [0, 0.05) is 5.69 Å². The topological polar surface area (TPSA) is 115 Å². The van der Waals surface area contributed by atoms with Crippen LogP contribution in [0.4, 0.5) is 0 Å². The van der Waals surface area contributed by atoms with Gasteiger partial charge in [0.25, 0.3) is 0 Å². The highest BCUT2D eigenvalue weighted by Crippen LogP contribution is 2.21. The largest absolute Gasteiger partial charge is 0.478 e. The Kier molecular flexibility index (Phi) is 3.36. The summed E-state index contributed by atoms with van der Waals surface area (Å²) >= 11 is 0. The van der Waals surface area contributed by atoms with Crippen LogP contribution in [0.1, 0.15) is 21.7 Å². The van der Waals surface area contributed by atoms with Crippen molar-refractivity contribution in [3.05, 3.63) is 41.5 Å². The zero-order chi connectivity index (χ0) is 15.1. The van der Waals surface area contributed by atoms with Crippen LogP contribution in [0.2, 0.25) is 0 Å². The number of sulfonamides is 1. The molecule has 3 N–H and O–H groups in total. The lowest BCUT2D eigenvalue weighted by Crippen LogP contribution is -2.14. The van der Waals surface area contributed by atoms with Crippen molar-refractivity contribution in [1.82, 2.24) is 9.55 Å². The molecule has 0 spiro atoms. The van der Waals surface area contributed by atoms with Crippen LogP contribution in [-0.2, 0) is 10.0 Å². The van der Waals surface area contributed by atoms with Crippen LogP contribution in [0, 0.1) is 13.8 Å². The second-order valence-electron chi connectivity index (χ2n) is 4.31. The maximum Gasteiger partial charge on any atom is 0.337 e. The first-order valence-corrected chi connectivity index (χ1v) is 7.17. The van der Waals surface area contributed by atoms with Gasteiger partial charge in [-0.2, -0.15) is 0 Å². The number of nitrogens with two attached hydrogens (primary N) is 1. The zero-order valence-corrected chi connectivity index (χ0v) is 11.7. The number of benzene rings is 1. The minimum atomic E-state index is -3.95. The molecule has 0 aliphatic carbocycles. The standard InChI is InChI=1S/C12H13N3O4S/c1-7-8(2)15(6-14-7)11-4-3-9(20(13,18)19)5-10(11)12(16)17/h3-6H,1-2H3,(H,16,17)(H2,13,18,19). The summed E-state index contributed by atoms with van der Waals surface area (Å²) in [6.07, 6.45) is 1.49. The molecule has 1 heterocycles. The maximum atomic E-state index is 11.3. The van der Waals surface area contributed by atoms with Crippen molar-refractivity contribution in [1.29, 1.82) is 0 Å². The average Bonchev–Trinajstić information content (AvgIpc) is 2.68. The van der Waals surface area contributed by atoms with E-state index in [2.05, 4.69) is 4.98 Å². The summed E-state index contributed by atoms with van der Waals surface area (Å²) in [7, 11) is -3.95. The van der Waals surface area contributed by atoms with E-state index in [9.17, 15) is 18.3 Å². The van der Waals surface area contributed by atoms with E-state index in [1.165, 1.54) is 18.5 Å². The summed E-state index contributed by atoms with van der Waals surface area (Å²) in [6, 6.07) is 3.71. The van der Waals surface area contributed by atoms with Crippen molar-refractivity contribution in [2.24, 2.45) is 5.14 Å². The molecular formula is C12H13N3O4S. The predicted octanol–water partition coefficient (Wildman–Crippen LogP) is 0.835. The van der Waals surface area contributed by atoms with Crippen molar-refractivity contribution in [3.63, 3.8) is 0 Å². The molecule has 0 atom stereocenters. The number of aromatic nitrogens is 2. The molecule has 0 aliphatic rings. The summed E-state index contributed by atoms with van der Waals surface area (Å²) in [5.74, 6) is -1.24. The Bertz CT molecular complexity index is 793. The van der Waals surface area contributed by atoms with E-state index in [1.54, 1.807) is 18.4 Å². The number of hydrogen-bond donors (Lipinski definition) is 2. The van der Waals surface area contributed by atoms with Gasteiger partial charge in [-0.05, 0) is 32.0 Å². The van der Waals surface area contributed by atoms with Gasteiger partial charge in [0.15, 0.2) is 0 Å². The number of aromatic carboxylic acids is 1.